The van der Waals surface area contributed by atoms with Crippen LogP contribution in [0.15, 0.2) is 30.3 Å². The molecule has 5 heteroatoms. The number of hydrogen-bond acceptors (Lipinski definition) is 5. The molecule has 0 amide bonds. The van der Waals surface area contributed by atoms with E-state index in [1.54, 1.807) is 31.2 Å². The minimum absolute atomic E-state index is 0.166. The monoisotopic (exact) mass is 292 g/mol. The second-order valence-electron chi connectivity index (χ2n) is 5.17. The van der Waals surface area contributed by atoms with E-state index >= 15 is 0 Å². The standard InChI is InChI=1S/C16H20O5/c1-4-21-14(18)15(10-16(11-15,19-2)20-3)13(17)12-8-6-5-7-9-12/h5-9H,4,10-11H2,1-3H3. The third-order valence-corrected chi connectivity index (χ3v) is 4.02. The van der Waals surface area contributed by atoms with E-state index in [1.165, 1.54) is 14.2 Å². The van der Waals surface area contributed by atoms with Crippen molar-refractivity contribution in [3.63, 3.8) is 0 Å². The van der Waals surface area contributed by atoms with Gasteiger partial charge in [0.05, 0.1) is 6.61 Å². The minimum atomic E-state index is -1.22. The number of Topliss-reactive ketones (excluding diaryl/α,β-unsaturated/α-hetero) is 1. The van der Waals surface area contributed by atoms with Crippen LogP contribution in [0, 0.1) is 5.41 Å². The number of hydrogen-bond donors (Lipinski definition) is 0. The summed E-state index contributed by atoms with van der Waals surface area (Å²) in [6.45, 7) is 1.95. The zero-order valence-corrected chi connectivity index (χ0v) is 12.5. The lowest BCUT2D eigenvalue weighted by molar-refractivity contribution is -0.284. The van der Waals surface area contributed by atoms with Crippen LogP contribution in [0.4, 0.5) is 0 Å². The zero-order valence-electron chi connectivity index (χ0n) is 12.5. The summed E-state index contributed by atoms with van der Waals surface area (Å²) in [5.41, 5.74) is -0.727. The molecule has 21 heavy (non-hydrogen) atoms. The molecule has 0 unspecified atom stereocenters. The highest BCUT2D eigenvalue weighted by molar-refractivity contribution is 6.13. The van der Waals surface area contributed by atoms with Crippen molar-refractivity contribution in [3.05, 3.63) is 35.9 Å². The lowest BCUT2D eigenvalue weighted by Gasteiger charge is -2.50. The van der Waals surface area contributed by atoms with Gasteiger partial charge in [0.25, 0.3) is 0 Å². The van der Waals surface area contributed by atoms with Crippen molar-refractivity contribution < 1.29 is 23.8 Å². The first-order valence-electron chi connectivity index (χ1n) is 6.91. The summed E-state index contributed by atoms with van der Waals surface area (Å²) in [4.78, 5) is 25.1. The first-order chi connectivity index (χ1) is 10.0. The molecule has 0 spiro atoms. The Morgan fingerprint density at radius 1 is 1.10 bits per heavy atom. The summed E-state index contributed by atoms with van der Waals surface area (Å²) in [6.07, 6.45) is 0.332. The Balaban J connectivity index is 2.31. The van der Waals surface area contributed by atoms with Crippen molar-refractivity contribution in [1.29, 1.82) is 0 Å². The van der Waals surface area contributed by atoms with Crippen molar-refractivity contribution in [3.8, 4) is 0 Å². The van der Waals surface area contributed by atoms with E-state index in [4.69, 9.17) is 14.2 Å². The average molecular weight is 292 g/mol. The van der Waals surface area contributed by atoms with Gasteiger partial charge in [0.1, 0.15) is 5.41 Å². The molecule has 1 aliphatic carbocycles. The number of methoxy groups -OCH3 is 2. The predicted octanol–water partition coefficient (Wildman–Crippen LogP) is 2.20. The zero-order chi connectivity index (χ0) is 15.5. The molecule has 0 radical (unpaired) electrons. The van der Waals surface area contributed by atoms with Crippen LogP contribution in [-0.4, -0.2) is 38.4 Å². The molecule has 1 aliphatic rings. The molecule has 5 nitrogen and oxygen atoms in total. The first kappa shape index (κ1) is 15.7. The van der Waals surface area contributed by atoms with Gasteiger partial charge in [-0.1, -0.05) is 30.3 Å². The molecule has 114 valence electrons. The van der Waals surface area contributed by atoms with Crippen molar-refractivity contribution in [2.45, 2.75) is 25.6 Å². The molecule has 0 bridgehead atoms. The van der Waals surface area contributed by atoms with E-state index in [0.29, 0.717) is 5.56 Å². The molecule has 0 aromatic heterocycles. The molecule has 0 saturated heterocycles. The normalized spacial score (nSPS) is 18.6. The van der Waals surface area contributed by atoms with E-state index in [-0.39, 0.29) is 25.2 Å². The number of esters is 1. The highest BCUT2D eigenvalue weighted by Gasteiger charge is 2.65. The van der Waals surface area contributed by atoms with Gasteiger partial charge in [0.15, 0.2) is 11.6 Å². The van der Waals surface area contributed by atoms with E-state index < -0.39 is 17.2 Å². The lowest BCUT2D eigenvalue weighted by atomic mass is 9.60. The summed E-state index contributed by atoms with van der Waals surface area (Å²) < 4.78 is 15.7. The first-order valence-corrected chi connectivity index (χ1v) is 6.91. The van der Waals surface area contributed by atoms with Gasteiger partial charge in [-0.15, -0.1) is 0 Å². The maximum absolute atomic E-state index is 12.8. The van der Waals surface area contributed by atoms with Gasteiger partial charge >= 0.3 is 5.97 Å². The Hall–Kier alpha value is -1.72. The number of benzene rings is 1. The van der Waals surface area contributed by atoms with Crippen LogP contribution in [0.5, 0.6) is 0 Å². The Bertz CT molecular complexity index is 511. The second kappa shape index (κ2) is 5.95. The number of carbonyl (C=O) groups excluding carboxylic acids is 2. The molecule has 1 aromatic carbocycles. The summed E-state index contributed by atoms with van der Waals surface area (Å²) >= 11 is 0. The van der Waals surface area contributed by atoms with Crippen LogP contribution in [0.1, 0.15) is 30.1 Å². The number of ketones is 1. The Labute approximate surface area is 124 Å². The highest BCUT2D eigenvalue weighted by atomic mass is 16.7. The van der Waals surface area contributed by atoms with Crippen LogP contribution in [-0.2, 0) is 19.0 Å². The Kier molecular flexibility index (Phi) is 4.44. The van der Waals surface area contributed by atoms with Crippen LogP contribution >= 0.6 is 0 Å². The molecule has 1 saturated carbocycles. The second-order valence-corrected chi connectivity index (χ2v) is 5.17. The predicted molar refractivity (Wildman–Crippen MR) is 75.8 cm³/mol. The van der Waals surface area contributed by atoms with Gasteiger partial charge < -0.3 is 14.2 Å². The van der Waals surface area contributed by atoms with Gasteiger partial charge in [0.2, 0.25) is 0 Å². The van der Waals surface area contributed by atoms with Crippen molar-refractivity contribution >= 4 is 11.8 Å². The van der Waals surface area contributed by atoms with Gasteiger partial charge in [-0.3, -0.25) is 9.59 Å². The molecular formula is C16H20O5. The number of rotatable bonds is 6. The fourth-order valence-corrected chi connectivity index (χ4v) is 2.77. The van der Waals surface area contributed by atoms with Gasteiger partial charge in [-0.2, -0.15) is 0 Å². The summed E-state index contributed by atoms with van der Waals surface area (Å²) in [7, 11) is 3.01. The van der Waals surface area contributed by atoms with Crippen LogP contribution in [0.3, 0.4) is 0 Å². The number of carbonyl (C=O) groups is 2. The fraction of sp³-hybridized carbons (Fsp3) is 0.500. The minimum Gasteiger partial charge on any atom is -0.465 e. The molecule has 0 N–H and O–H groups in total. The van der Waals surface area contributed by atoms with Crippen LogP contribution in [0.25, 0.3) is 0 Å². The van der Waals surface area contributed by atoms with E-state index in [2.05, 4.69) is 0 Å². The van der Waals surface area contributed by atoms with Gasteiger partial charge in [-0.25, -0.2) is 0 Å². The Morgan fingerprint density at radius 2 is 1.67 bits per heavy atom. The van der Waals surface area contributed by atoms with Crippen molar-refractivity contribution in [2.24, 2.45) is 5.41 Å². The maximum Gasteiger partial charge on any atom is 0.320 e. The molecule has 1 aromatic rings. The van der Waals surface area contributed by atoms with E-state index in [0.717, 1.165) is 0 Å². The van der Waals surface area contributed by atoms with Crippen molar-refractivity contribution in [1.82, 2.24) is 0 Å². The molecular weight excluding hydrogens is 272 g/mol. The SMILES string of the molecule is CCOC(=O)C1(C(=O)c2ccccc2)CC(OC)(OC)C1. The quantitative estimate of drug-likeness (QED) is 0.348. The molecule has 0 atom stereocenters. The third-order valence-electron chi connectivity index (χ3n) is 4.02. The lowest BCUT2D eigenvalue weighted by Crippen LogP contribution is -2.62. The summed E-state index contributed by atoms with van der Waals surface area (Å²) in [5.74, 6) is -1.65. The third kappa shape index (κ3) is 2.59. The van der Waals surface area contributed by atoms with E-state index in [9.17, 15) is 9.59 Å². The molecule has 2 rings (SSSR count). The van der Waals surface area contributed by atoms with Crippen LogP contribution in [0.2, 0.25) is 0 Å². The van der Waals surface area contributed by atoms with Crippen LogP contribution < -0.4 is 0 Å². The molecule has 1 fully saturated rings. The molecule has 0 aliphatic heterocycles. The van der Waals surface area contributed by atoms with Gasteiger partial charge in [0, 0.05) is 32.6 Å². The topological polar surface area (TPSA) is 61.8 Å². The largest absolute Gasteiger partial charge is 0.465 e. The fourth-order valence-electron chi connectivity index (χ4n) is 2.77. The highest BCUT2D eigenvalue weighted by Crippen LogP contribution is 2.53. The summed E-state index contributed by atoms with van der Waals surface area (Å²) in [5, 5.41) is 0. The van der Waals surface area contributed by atoms with E-state index in [1.807, 2.05) is 6.07 Å². The smallest absolute Gasteiger partial charge is 0.320 e. The Morgan fingerprint density at radius 3 is 2.14 bits per heavy atom. The number of ether oxygens (including phenoxy) is 3. The average Bonchev–Trinajstić information content (AvgIpc) is 2.48. The van der Waals surface area contributed by atoms with Gasteiger partial charge in [-0.05, 0) is 6.92 Å². The maximum atomic E-state index is 12.8. The summed E-state index contributed by atoms with van der Waals surface area (Å²) in [6, 6.07) is 8.75. The molecule has 0 heterocycles. The van der Waals surface area contributed by atoms with Crippen molar-refractivity contribution in [2.75, 3.05) is 20.8 Å².